The van der Waals surface area contributed by atoms with Crippen molar-refractivity contribution in [1.29, 1.82) is 0 Å². The van der Waals surface area contributed by atoms with E-state index in [0.29, 0.717) is 17.9 Å². The second kappa shape index (κ2) is 9.85. The molecule has 2 amide bonds. The number of carbonyl (C=O) groups excluding carboxylic acids is 2. The number of fused-ring (bicyclic) bond motifs is 1. The van der Waals surface area contributed by atoms with Crippen molar-refractivity contribution in [2.24, 2.45) is 5.10 Å². The molecule has 0 heterocycles. The first-order chi connectivity index (χ1) is 14.2. The summed E-state index contributed by atoms with van der Waals surface area (Å²) in [4.78, 5) is 24.4. The van der Waals surface area contributed by atoms with Gasteiger partial charge >= 0.3 is 0 Å². The molecule has 0 saturated carbocycles. The summed E-state index contributed by atoms with van der Waals surface area (Å²) < 4.78 is 5.45. The molecule has 0 saturated heterocycles. The monoisotopic (exact) mass is 387 g/mol. The second-order valence-electron chi connectivity index (χ2n) is 6.17. The van der Waals surface area contributed by atoms with E-state index in [1.807, 2.05) is 54.6 Å². The van der Waals surface area contributed by atoms with Crippen LogP contribution in [0.4, 0.5) is 0 Å². The Kier molecular flexibility index (Phi) is 6.73. The Labute approximate surface area is 168 Å². The molecular formula is C23H21N3O3. The SMILES string of the molecule is C=CCOc1cccc(/C=N/NC(=O)CNC(=O)c2cccc3ccccc23)c1. The lowest BCUT2D eigenvalue weighted by Gasteiger charge is -2.07. The second-order valence-corrected chi connectivity index (χ2v) is 6.17. The summed E-state index contributed by atoms with van der Waals surface area (Å²) in [6.45, 7) is 3.83. The number of ether oxygens (including phenoxy) is 1. The van der Waals surface area contributed by atoms with Crippen LogP contribution in [0.25, 0.3) is 10.8 Å². The summed E-state index contributed by atoms with van der Waals surface area (Å²) in [6.07, 6.45) is 3.17. The third-order valence-electron chi connectivity index (χ3n) is 4.07. The van der Waals surface area contributed by atoms with Gasteiger partial charge in [-0.1, -0.05) is 61.2 Å². The molecule has 0 aliphatic rings. The maximum absolute atomic E-state index is 12.4. The lowest BCUT2D eigenvalue weighted by atomic mass is 10.0. The summed E-state index contributed by atoms with van der Waals surface area (Å²) >= 11 is 0. The van der Waals surface area contributed by atoms with Crippen LogP contribution in [0, 0.1) is 0 Å². The van der Waals surface area contributed by atoms with Crippen LogP contribution in [-0.2, 0) is 4.79 Å². The number of carbonyl (C=O) groups is 2. The highest BCUT2D eigenvalue weighted by Gasteiger charge is 2.10. The van der Waals surface area contributed by atoms with Crippen LogP contribution < -0.4 is 15.5 Å². The molecule has 6 heteroatoms. The van der Waals surface area contributed by atoms with E-state index in [1.54, 1.807) is 18.2 Å². The van der Waals surface area contributed by atoms with Gasteiger partial charge in [0.1, 0.15) is 12.4 Å². The highest BCUT2D eigenvalue weighted by atomic mass is 16.5. The molecule has 6 nitrogen and oxygen atoms in total. The molecule has 3 aromatic carbocycles. The molecule has 0 spiro atoms. The van der Waals surface area contributed by atoms with Gasteiger partial charge in [0.05, 0.1) is 12.8 Å². The molecule has 0 atom stereocenters. The van der Waals surface area contributed by atoms with Crippen molar-refractivity contribution in [3.63, 3.8) is 0 Å². The van der Waals surface area contributed by atoms with Crippen LogP contribution in [-0.4, -0.2) is 31.2 Å². The van der Waals surface area contributed by atoms with Gasteiger partial charge in [0.2, 0.25) is 0 Å². The highest BCUT2D eigenvalue weighted by molar-refractivity contribution is 6.07. The molecule has 2 N–H and O–H groups in total. The van der Waals surface area contributed by atoms with E-state index >= 15 is 0 Å². The van der Waals surface area contributed by atoms with Gasteiger partial charge in [0.25, 0.3) is 11.8 Å². The normalized spacial score (nSPS) is 10.6. The number of hydrogen-bond acceptors (Lipinski definition) is 4. The molecule has 0 fully saturated rings. The molecule has 0 unspecified atom stereocenters. The van der Waals surface area contributed by atoms with Crippen molar-refractivity contribution >= 4 is 28.8 Å². The van der Waals surface area contributed by atoms with E-state index in [-0.39, 0.29) is 12.5 Å². The summed E-state index contributed by atoms with van der Waals surface area (Å²) in [5.41, 5.74) is 3.69. The summed E-state index contributed by atoms with van der Waals surface area (Å²) in [7, 11) is 0. The van der Waals surface area contributed by atoms with E-state index in [9.17, 15) is 9.59 Å². The Bertz CT molecular complexity index is 1050. The van der Waals surface area contributed by atoms with Crippen molar-refractivity contribution in [1.82, 2.24) is 10.7 Å². The van der Waals surface area contributed by atoms with Crippen molar-refractivity contribution in [2.45, 2.75) is 0 Å². The predicted molar refractivity (Wildman–Crippen MR) is 114 cm³/mol. The minimum Gasteiger partial charge on any atom is -0.490 e. The van der Waals surface area contributed by atoms with Gasteiger partial charge in [0, 0.05) is 5.56 Å². The van der Waals surface area contributed by atoms with Gasteiger partial charge in [-0.25, -0.2) is 5.43 Å². The first kappa shape index (κ1) is 19.8. The minimum atomic E-state index is -0.422. The Morgan fingerprint density at radius 2 is 1.83 bits per heavy atom. The molecular weight excluding hydrogens is 366 g/mol. The van der Waals surface area contributed by atoms with Crippen LogP contribution in [0.2, 0.25) is 0 Å². The number of hydrogen-bond donors (Lipinski definition) is 2. The van der Waals surface area contributed by atoms with Crippen LogP contribution in [0.1, 0.15) is 15.9 Å². The zero-order valence-corrected chi connectivity index (χ0v) is 15.8. The fourth-order valence-electron chi connectivity index (χ4n) is 2.74. The van der Waals surface area contributed by atoms with Crippen molar-refractivity contribution in [3.8, 4) is 5.75 Å². The summed E-state index contributed by atoms with van der Waals surface area (Å²) in [6, 6.07) is 20.4. The number of nitrogens with one attached hydrogen (secondary N) is 2. The van der Waals surface area contributed by atoms with Gasteiger partial charge in [-0.2, -0.15) is 5.10 Å². The number of rotatable bonds is 8. The van der Waals surface area contributed by atoms with Crippen LogP contribution in [0.15, 0.2) is 84.5 Å². The quantitative estimate of drug-likeness (QED) is 0.354. The number of hydrazone groups is 1. The summed E-state index contributed by atoms with van der Waals surface area (Å²) in [5, 5.41) is 8.33. The van der Waals surface area contributed by atoms with E-state index in [0.717, 1.165) is 16.3 Å². The third-order valence-corrected chi connectivity index (χ3v) is 4.07. The van der Waals surface area contributed by atoms with Crippen LogP contribution in [0.3, 0.4) is 0 Å². The van der Waals surface area contributed by atoms with Crippen LogP contribution in [0.5, 0.6) is 5.75 Å². The van der Waals surface area contributed by atoms with E-state index in [2.05, 4.69) is 22.4 Å². The van der Waals surface area contributed by atoms with Gasteiger partial charge < -0.3 is 10.1 Å². The molecule has 0 aromatic heterocycles. The first-order valence-corrected chi connectivity index (χ1v) is 9.09. The zero-order valence-electron chi connectivity index (χ0n) is 15.8. The fourth-order valence-corrected chi connectivity index (χ4v) is 2.74. The standard InChI is InChI=1S/C23H21N3O3/c1-2-13-29-19-10-5-7-17(14-19)15-25-26-22(27)16-24-23(28)21-12-6-9-18-8-3-4-11-20(18)21/h2-12,14-15H,1,13,16H2,(H,24,28)(H,26,27)/b25-15+. The largest absolute Gasteiger partial charge is 0.490 e. The molecule has 146 valence electrons. The molecule has 0 aliphatic carbocycles. The van der Waals surface area contributed by atoms with Crippen molar-refractivity contribution < 1.29 is 14.3 Å². The Morgan fingerprint density at radius 1 is 1.03 bits per heavy atom. The zero-order chi connectivity index (χ0) is 20.5. The van der Waals surface area contributed by atoms with Gasteiger partial charge in [-0.05, 0) is 34.5 Å². The molecule has 3 rings (SSSR count). The topological polar surface area (TPSA) is 79.8 Å². The summed E-state index contributed by atoms with van der Waals surface area (Å²) in [5.74, 6) is -0.0515. The molecule has 3 aromatic rings. The Hall–Kier alpha value is -3.93. The lowest BCUT2D eigenvalue weighted by Crippen LogP contribution is -2.35. The van der Waals surface area contributed by atoms with Gasteiger partial charge in [0.15, 0.2) is 0 Å². The highest BCUT2D eigenvalue weighted by Crippen LogP contribution is 2.18. The van der Waals surface area contributed by atoms with Crippen molar-refractivity contribution in [2.75, 3.05) is 13.2 Å². The Morgan fingerprint density at radius 3 is 2.69 bits per heavy atom. The minimum absolute atomic E-state index is 0.179. The van der Waals surface area contributed by atoms with Crippen molar-refractivity contribution in [3.05, 3.63) is 90.5 Å². The Balaban J connectivity index is 1.53. The average Bonchev–Trinajstić information content (AvgIpc) is 2.76. The van der Waals surface area contributed by atoms with E-state index < -0.39 is 5.91 Å². The van der Waals surface area contributed by atoms with E-state index in [4.69, 9.17) is 4.74 Å². The third kappa shape index (κ3) is 5.52. The van der Waals surface area contributed by atoms with Gasteiger partial charge in [-0.3, -0.25) is 9.59 Å². The maximum atomic E-state index is 12.4. The number of amides is 2. The average molecular weight is 387 g/mol. The molecule has 29 heavy (non-hydrogen) atoms. The van der Waals surface area contributed by atoms with Gasteiger partial charge in [-0.15, -0.1) is 0 Å². The lowest BCUT2D eigenvalue weighted by molar-refractivity contribution is -0.120. The smallest absolute Gasteiger partial charge is 0.259 e. The predicted octanol–water partition coefficient (Wildman–Crippen LogP) is 3.28. The fraction of sp³-hybridized carbons (Fsp3) is 0.0870. The molecule has 0 bridgehead atoms. The molecule has 0 radical (unpaired) electrons. The number of benzene rings is 3. The van der Waals surface area contributed by atoms with Crippen LogP contribution >= 0.6 is 0 Å². The number of nitrogens with zero attached hydrogens (tertiary/aromatic N) is 1. The first-order valence-electron chi connectivity index (χ1n) is 9.09. The van der Waals surface area contributed by atoms with E-state index in [1.165, 1.54) is 6.21 Å². The molecule has 0 aliphatic heterocycles. The maximum Gasteiger partial charge on any atom is 0.259 e.